The van der Waals surface area contributed by atoms with E-state index in [4.69, 9.17) is 0 Å². The van der Waals surface area contributed by atoms with Crippen molar-refractivity contribution in [2.75, 3.05) is 13.6 Å². The Morgan fingerprint density at radius 3 is 2.62 bits per heavy atom. The number of carbonyl (C=O) groups excluding carboxylic acids is 2. The van der Waals surface area contributed by atoms with Gasteiger partial charge in [-0.2, -0.15) is 0 Å². The zero-order valence-corrected chi connectivity index (χ0v) is 14.9. The van der Waals surface area contributed by atoms with Crippen molar-refractivity contribution in [3.05, 3.63) is 0 Å². The molecule has 0 bridgehead atoms. The summed E-state index contributed by atoms with van der Waals surface area (Å²) in [6.07, 6.45) is 4.84. The Morgan fingerprint density at radius 2 is 1.95 bits per heavy atom. The highest BCUT2D eigenvalue weighted by atomic mass is 28.3. The summed E-state index contributed by atoms with van der Waals surface area (Å²) in [7, 11) is 0.724. The van der Waals surface area contributed by atoms with E-state index in [1.54, 1.807) is 0 Å². The van der Waals surface area contributed by atoms with Gasteiger partial charge in [-0.05, 0) is 37.5 Å². The summed E-state index contributed by atoms with van der Waals surface area (Å²) in [6.45, 7) is 8.05. The quantitative estimate of drug-likeness (QED) is 0.735. The summed E-state index contributed by atoms with van der Waals surface area (Å²) in [5.74, 6) is 1.71. The second-order valence-corrected chi connectivity index (χ2v) is 14.3. The topological polar surface area (TPSA) is 37.4 Å². The molecule has 1 heterocycles. The monoisotopic (exact) mass is 307 g/mol. The molecule has 0 radical (unpaired) electrons. The lowest BCUT2D eigenvalue weighted by atomic mass is 9.41. The van der Waals surface area contributed by atoms with Gasteiger partial charge < -0.3 is 4.90 Å². The zero-order chi connectivity index (χ0) is 15.4. The molecule has 0 aromatic carbocycles. The van der Waals surface area contributed by atoms with Crippen molar-refractivity contribution in [3.63, 3.8) is 0 Å². The first-order valence-electron chi connectivity index (χ1n) is 8.56. The van der Waals surface area contributed by atoms with Crippen LogP contribution in [0.3, 0.4) is 0 Å². The smallest absolute Gasteiger partial charge is 0.229 e. The number of carbonyl (C=O) groups is 2. The molecule has 4 heteroatoms. The minimum atomic E-state index is -1.21. The maximum Gasteiger partial charge on any atom is 0.229 e. The highest BCUT2D eigenvalue weighted by Gasteiger charge is 2.69. The fourth-order valence-corrected chi connectivity index (χ4v) is 7.46. The van der Waals surface area contributed by atoms with Gasteiger partial charge in [0, 0.05) is 34.0 Å². The van der Waals surface area contributed by atoms with Crippen molar-refractivity contribution < 1.29 is 9.59 Å². The fraction of sp³-hybridized carbons (Fsp3) is 0.882. The van der Waals surface area contributed by atoms with Gasteiger partial charge in [0.15, 0.2) is 0 Å². The van der Waals surface area contributed by atoms with E-state index in [2.05, 4.69) is 19.6 Å². The van der Waals surface area contributed by atoms with Gasteiger partial charge in [0.25, 0.3) is 0 Å². The molecule has 2 aliphatic carbocycles. The van der Waals surface area contributed by atoms with Crippen molar-refractivity contribution in [2.24, 2.45) is 23.2 Å². The molecule has 0 aromatic rings. The van der Waals surface area contributed by atoms with Gasteiger partial charge in [0.2, 0.25) is 5.91 Å². The molecule has 0 N–H and O–H groups in total. The molecule has 3 fully saturated rings. The van der Waals surface area contributed by atoms with Crippen molar-refractivity contribution >= 4 is 19.8 Å². The Balaban J connectivity index is 1.97. The fourth-order valence-electron chi connectivity index (χ4n) is 5.53. The lowest BCUT2D eigenvalue weighted by Crippen LogP contribution is -2.67. The summed E-state index contributed by atoms with van der Waals surface area (Å²) in [5.41, 5.74) is -0.301. The Morgan fingerprint density at radius 1 is 1.24 bits per heavy atom. The van der Waals surface area contributed by atoms with Gasteiger partial charge in [-0.3, -0.25) is 9.59 Å². The average Bonchev–Trinajstić information content (AvgIpc) is 2.46. The highest BCUT2D eigenvalue weighted by molar-refractivity contribution is 6.76. The number of likely N-dealkylation sites (tertiary alicyclic amines) is 1. The van der Waals surface area contributed by atoms with Gasteiger partial charge in [0.05, 0.1) is 5.41 Å². The molecule has 3 nitrogen and oxygen atoms in total. The predicted octanol–water partition coefficient (Wildman–Crippen LogP) is 3.18. The van der Waals surface area contributed by atoms with Crippen LogP contribution >= 0.6 is 0 Å². The van der Waals surface area contributed by atoms with Gasteiger partial charge in [0.1, 0.15) is 5.78 Å². The third kappa shape index (κ3) is 2.21. The molecule has 1 aliphatic heterocycles. The lowest BCUT2D eigenvalue weighted by Gasteiger charge is -2.62. The Kier molecular flexibility index (Phi) is 3.59. The van der Waals surface area contributed by atoms with Crippen molar-refractivity contribution in [1.82, 2.24) is 4.90 Å². The third-order valence-electron chi connectivity index (χ3n) is 6.12. The second-order valence-electron chi connectivity index (χ2n) is 8.74. The number of amides is 1. The van der Waals surface area contributed by atoms with Crippen molar-refractivity contribution in [2.45, 2.75) is 57.8 Å². The van der Waals surface area contributed by atoms with Crippen LogP contribution in [0.5, 0.6) is 0 Å². The molecule has 0 aromatic heterocycles. The third-order valence-corrected chi connectivity index (χ3v) is 7.82. The molecular formula is C17H29NO2Si. The van der Waals surface area contributed by atoms with E-state index in [1.807, 2.05) is 11.9 Å². The maximum absolute atomic E-state index is 13.0. The molecular weight excluding hydrogens is 278 g/mol. The molecule has 21 heavy (non-hydrogen) atoms. The van der Waals surface area contributed by atoms with Crippen LogP contribution in [0.4, 0.5) is 0 Å². The Labute approximate surface area is 129 Å². The Hall–Kier alpha value is -0.643. The SMILES string of the molecule is CN1CCC[C@@H]2[C@H](C[Si](C)(C)C)[C@H]3C(=O)CCC[C@@]23C1=O. The summed E-state index contributed by atoms with van der Waals surface area (Å²) < 4.78 is 0. The summed E-state index contributed by atoms with van der Waals surface area (Å²) in [5, 5.41) is 0. The molecule has 118 valence electrons. The van der Waals surface area contributed by atoms with Crippen LogP contribution in [-0.4, -0.2) is 38.3 Å². The van der Waals surface area contributed by atoms with E-state index < -0.39 is 8.07 Å². The maximum atomic E-state index is 13.0. The van der Waals surface area contributed by atoms with Crippen LogP contribution in [0.1, 0.15) is 32.1 Å². The highest BCUT2D eigenvalue weighted by Crippen LogP contribution is 2.66. The summed E-state index contributed by atoms with van der Waals surface area (Å²) in [6, 6.07) is 1.22. The van der Waals surface area contributed by atoms with Crippen molar-refractivity contribution in [3.8, 4) is 0 Å². The molecule has 3 rings (SSSR count). The number of Topliss-reactive ketones (excluding diaryl/α,β-unsaturated/α-hetero) is 1. The summed E-state index contributed by atoms with van der Waals surface area (Å²) in [4.78, 5) is 27.5. The van der Waals surface area contributed by atoms with Gasteiger partial charge in [-0.15, -0.1) is 0 Å². The van der Waals surface area contributed by atoms with Gasteiger partial charge >= 0.3 is 0 Å². The van der Waals surface area contributed by atoms with Gasteiger partial charge in [-0.25, -0.2) is 0 Å². The van der Waals surface area contributed by atoms with Crippen LogP contribution in [0, 0.1) is 23.2 Å². The van der Waals surface area contributed by atoms with E-state index in [0.717, 1.165) is 32.2 Å². The standard InChI is InChI=1S/C17H29NO2Si/c1-18-10-6-7-13-12(11-21(2,3)4)15-14(19)8-5-9-17(13,15)16(18)20/h12-13,15H,5-11H2,1-4H3/t12-,13+,15-,17+/m0/s1. The lowest BCUT2D eigenvalue weighted by molar-refractivity contribution is -0.186. The largest absolute Gasteiger partial charge is 0.345 e. The number of hydrogen-bond donors (Lipinski definition) is 0. The van der Waals surface area contributed by atoms with Crippen LogP contribution in [0.25, 0.3) is 0 Å². The van der Waals surface area contributed by atoms with Crippen LogP contribution in [0.15, 0.2) is 0 Å². The number of nitrogens with zero attached hydrogens (tertiary/aromatic N) is 1. The molecule has 3 aliphatic rings. The molecule has 1 spiro atoms. The first-order valence-corrected chi connectivity index (χ1v) is 12.3. The van der Waals surface area contributed by atoms with E-state index in [9.17, 15) is 9.59 Å². The number of rotatable bonds is 2. The van der Waals surface area contributed by atoms with E-state index in [0.29, 0.717) is 24.0 Å². The molecule has 1 saturated heterocycles. The molecule has 0 unspecified atom stereocenters. The molecule has 4 atom stereocenters. The minimum absolute atomic E-state index is 0.0519. The van der Waals surface area contributed by atoms with Crippen LogP contribution in [-0.2, 0) is 9.59 Å². The second kappa shape index (κ2) is 4.93. The van der Waals surface area contributed by atoms with Crippen LogP contribution < -0.4 is 0 Å². The Bertz CT molecular complexity index is 470. The summed E-state index contributed by atoms with van der Waals surface area (Å²) >= 11 is 0. The molecule has 2 saturated carbocycles. The van der Waals surface area contributed by atoms with E-state index in [-0.39, 0.29) is 17.2 Å². The normalized spacial score (nSPS) is 40.2. The van der Waals surface area contributed by atoms with E-state index in [1.165, 1.54) is 6.04 Å². The average molecular weight is 308 g/mol. The van der Waals surface area contributed by atoms with Crippen LogP contribution in [0.2, 0.25) is 25.7 Å². The van der Waals surface area contributed by atoms with Crippen molar-refractivity contribution in [1.29, 1.82) is 0 Å². The first-order chi connectivity index (χ1) is 9.77. The first kappa shape index (κ1) is 15.3. The van der Waals surface area contributed by atoms with E-state index >= 15 is 0 Å². The zero-order valence-electron chi connectivity index (χ0n) is 13.9. The minimum Gasteiger partial charge on any atom is -0.345 e. The predicted molar refractivity (Wildman–Crippen MR) is 86.8 cm³/mol. The van der Waals surface area contributed by atoms with Gasteiger partial charge in [-0.1, -0.05) is 25.7 Å². The number of hydrogen-bond acceptors (Lipinski definition) is 2. The number of ketones is 1. The molecule has 1 amide bonds.